The van der Waals surface area contributed by atoms with Crippen LogP contribution in [-0.4, -0.2) is 21.4 Å². The summed E-state index contributed by atoms with van der Waals surface area (Å²) in [7, 11) is 0. The third-order valence-corrected chi connectivity index (χ3v) is 3.08. The predicted octanol–water partition coefficient (Wildman–Crippen LogP) is 2.92. The quantitative estimate of drug-likeness (QED) is 0.681. The lowest BCUT2D eigenvalue weighted by atomic mass is 10.2. The predicted molar refractivity (Wildman–Crippen MR) is 72.2 cm³/mol. The highest BCUT2D eigenvalue weighted by atomic mass is 32.2. The first-order valence-electron chi connectivity index (χ1n) is 5.70. The summed E-state index contributed by atoms with van der Waals surface area (Å²) in [5, 5.41) is 9.33. The number of fused-ring (bicyclic) bond motifs is 1. The average molecular weight is 273 g/mol. The van der Waals surface area contributed by atoms with Crippen LogP contribution < -0.4 is 4.74 Å². The minimum absolute atomic E-state index is 0.239. The largest absolute Gasteiger partial charge is 0.482 e. The normalized spacial score (nSPS) is 10.8. The van der Waals surface area contributed by atoms with Crippen molar-refractivity contribution in [3.8, 4) is 5.75 Å². The zero-order chi connectivity index (χ0) is 13.1. The number of hydrogen-bond donors (Lipinski definition) is 0. The van der Waals surface area contributed by atoms with E-state index in [4.69, 9.17) is 9.15 Å². The highest BCUT2D eigenvalue weighted by molar-refractivity contribution is 7.98. The molecule has 1 aromatic carbocycles. The summed E-state index contributed by atoms with van der Waals surface area (Å²) in [5.74, 6) is 1.17. The second-order valence-electron chi connectivity index (χ2n) is 3.79. The second kappa shape index (κ2) is 5.27. The molecule has 0 saturated heterocycles. The van der Waals surface area contributed by atoms with Crippen LogP contribution in [0.3, 0.4) is 0 Å². The third-order valence-electron chi connectivity index (χ3n) is 2.57. The molecule has 96 valence electrons. The van der Waals surface area contributed by atoms with E-state index >= 15 is 0 Å². The fraction of sp³-hybridized carbons (Fsp3) is 0.154. The maximum absolute atomic E-state index is 5.70. The topological polar surface area (TPSA) is 61.0 Å². The number of para-hydroxylation sites is 1. The summed E-state index contributed by atoms with van der Waals surface area (Å²) in [6.07, 6.45) is 3.63. The lowest BCUT2D eigenvalue weighted by Crippen LogP contribution is -1.97. The Morgan fingerprint density at radius 3 is 2.95 bits per heavy atom. The fourth-order valence-electron chi connectivity index (χ4n) is 1.71. The van der Waals surface area contributed by atoms with Gasteiger partial charge >= 0.3 is 0 Å². The van der Waals surface area contributed by atoms with Crippen LogP contribution in [0.2, 0.25) is 0 Å². The maximum atomic E-state index is 5.70. The Kier molecular flexibility index (Phi) is 3.33. The molecule has 19 heavy (non-hydrogen) atoms. The monoisotopic (exact) mass is 273 g/mol. The van der Waals surface area contributed by atoms with Crippen molar-refractivity contribution in [2.45, 2.75) is 11.8 Å². The highest BCUT2D eigenvalue weighted by Crippen LogP contribution is 2.24. The number of hydrogen-bond acceptors (Lipinski definition) is 6. The molecule has 0 aliphatic heterocycles. The van der Waals surface area contributed by atoms with Gasteiger partial charge in [-0.05, 0) is 18.4 Å². The Balaban J connectivity index is 1.81. The Morgan fingerprint density at radius 1 is 1.21 bits per heavy atom. The average Bonchev–Trinajstić information content (AvgIpc) is 2.93. The van der Waals surface area contributed by atoms with Crippen LogP contribution in [-0.2, 0) is 6.61 Å². The van der Waals surface area contributed by atoms with Crippen LogP contribution in [0.15, 0.2) is 46.2 Å². The second-order valence-corrected chi connectivity index (χ2v) is 4.54. The van der Waals surface area contributed by atoms with E-state index in [1.54, 1.807) is 6.20 Å². The van der Waals surface area contributed by atoms with Crippen molar-refractivity contribution in [1.82, 2.24) is 15.2 Å². The minimum Gasteiger partial charge on any atom is -0.482 e. The first kappa shape index (κ1) is 12.0. The molecule has 0 aliphatic rings. The first-order valence-corrected chi connectivity index (χ1v) is 6.92. The Morgan fingerprint density at radius 2 is 2.11 bits per heavy atom. The minimum atomic E-state index is 0.239. The van der Waals surface area contributed by atoms with E-state index < -0.39 is 0 Å². The molecule has 0 bridgehead atoms. The zero-order valence-electron chi connectivity index (χ0n) is 10.2. The van der Waals surface area contributed by atoms with E-state index in [2.05, 4.69) is 15.2 Å². The van der Waals surface area contributed by atoms with E-state index in [0.29, 0.717) is 16.9 Å². The summed E-state index contributed by atoms with van der Waals surface area (Å²) in [4.78, 5) is 4.32. The molecule has 6 heteroatoms. The highest BCUT2D eigenvalue weighted by Gasteiger charge is 2.07. The summed E-state index contributed by atoms with van der Waals surface area (Å²) in [6.45, 7) is 0.239. The van der Waals surface area contributed by atoms with Gasteiger partial charge in [0.15, 0.2) is 6.61 Å². The van der Waals surface area contributed by atoms with Crippen molar-refractivity contribution in [3.05, 3.63) is 42.4 Å². The summed E-state index contributed by atoms with van der Waals surface area (Å²) in [6, 6.07) is 9.69. The Labute approximate surface area is 114 Å². The summed E-state index contributed by atoms with van der Waals surface area (Å²) < 4.78 is 11.1. The molecular weight excluding hydrogens is 262 g/mol. The van der Waals surface area contributed by atoms with Crippen LogP contribution >= 0.6 is 11.8 Å². The number of thioether (sulfide) groups is 1. The van der Waals surface area contributed by atoms with Crippen molar-refractivity contribution < 1.29 is 9.15 Å². The van der Waals surface area contributed by atoms with Crippen molar-refractivity contribution in [2.24, 2.45) is 0 Å². The number of benzene rings is 1. The molecule has 0 spiro atoms. The van der Waals surface area contributed by atoms with Gasteiger partial charge in [0, 0.05) is 11.6 Å². The Bertz CT molecular complexity index is 694. The molecule has 0 saturated carbocycles. The number of aromatic nitrogens is 3. The SMILES string of the molecule is CSc1nnc(COc2cccc3cccnc23)o1. The van der Waals surface area contributed by atoms with Gasteiger partial charge in [-0.2, -0.15) is 0 Å². The van der Waals surface area contributed by atoms with Gasteiger partial charge in [-0.25, -0.2) is 0 Å². The van der Waals surface area contributed by atoms with Gasteiger partial charge in [0.25, 0.3) is 11.1 Å². The van der Waals surface area contributed by atoms with Gasteiger partial charge in [0.05, 0.1) is 0 Å². The number of ether oxygens (including phenoxy) is 1. The molecule has 3 rings (SSSR count). The van der Waals surface area contributed by atoms with E-state index in [0.717, 1.165) is 10.9 Å². The van der Waals surface area contributed by atoms with Crippen molar-refractivity contribution >= 4 is 22.7 Å². The number of nitrogens with zero attached hydrogens (tertiary/aromatic N) is 3. The van der Waals surface area contributed by atoms with Gasteiger partial charge in [-0.15, -0.1) is 10.2 Å². The van der Waals surface area contributed by atoms with E-state index in [9.17, 15) is 0 Å². The van der Waals surface area contributed by atoms with Crippen LogP contribution in [0.25, 0.3) is 10.9 Å². The molecule has 2 heterocycles. The molecule has 0 amide bonds. The first-order chi connectivity index (χ1) is 9.36. The molecule has 0 radical (unpaired) electrons. The molecule has 5 nitrogen and oxygen atoms in total. The fourth-order valence-corrected chi connectivity index (χ4v) is 2.01. The van der Waals surface area contributed by atoms with Gasteiger partial charge in [-0.1, -0.05) is 30.0 Å². The van der Waals surface area contributed by atoms with Gasteiger partial charge in [0.1, 0.15) is 11.3 Å². The number of rotatable bonds is 4. The van der Waals surface area contributed by atoms with Crippen LogP contribution in [0.4, 0.5) is 0 Å². The summed E-state index contributed by atoms with van der Waals surface area (Å²) in [5.41, 5.74) is 0.828. The van der Waals surface area contributed by atoms with Crippen molar-refractivity contribution in [2.75, 3.05) is 6.26 Å². The third kappa shape index (κ3) is 2.53. The Hall–Kier alpha value is -2.08. The zero-order valence-corrected chi connectivity index (χ0v) is 11.1. The lowest BCUT2D eigenvalue weighted by Gasteiger charge is -2.06. The maximum Gasteiger partial charge on any atom is 0.276 e. The van der Waals surface area contributed by atoms with Gasteiger partial charge in [0.2, 0.25) is 0 Å². The molecule has 0 unspecified atom stereocenters. The molecular formula is C13H11N3O2S. The van der Waals surface area contributed by atoms with E-state index in [-0.39, 0.29) is 6.61 Å². The van der Waals surface area contributed by atoms with Crippen LogP contribution in [0.1, 0.15) is 5.89 Å². The molecule has 0 N–H and O–H groups in total. The van der Waals surface area contributed by atoms with E-state index in [1.165, 1.54) is 11.8 Å². The van der Waals surface area contributed by atoms with Crippen molar-refractivity contribution in [3.63, 3.8) is 0 Å². The lowest BCUT2D eigenvalue weighted by molar-refractivity contribution is 0.254. The smallest absolute Gasteiger partial charge is 0.276 e. The number of pyridine rings is 1. The molecule has 3 aromatic rings. The molecule has 0 aliphatic carbocycles. The molecule has 0 atom stereocenters. The van der Waals surface area contributed by atoms with Gasteiger partial charge in [-0.3, -0.25) is 4.98 Å². The molecule has 2 aromatic heterocycles. The van der Waals surface area contributed by atoms with Gasteiger partial charge < -0.3 is 9.15 Å². The van der Waals surface area contributed by atoms with E-state index in [1.807, 2.05) is 36.6 Å². The summed E-state index contributed by atoms with van der Waals surface area (Å²) >= 11 is 1.41. The molecule has 0 fully saturated rings. The van der Waals surface area contributed by atoms with Crippen molar-refractivity contribution in [1.29, 1.82) is 0 Å². The van der Waals surface area contributed by atoms with Crippen LogP contribution in [0, 0.1) is 0 Å². The standard InChI is InChI=1S/C13H11N3O2S/c1-19-13-16-15-11(18-13)8-17-10-6-2-4-9-5-3-7-14-12(9)10/h2-7H,8H2,1H3. The van der Waals surface area contributed by atoms with Crippen LogP contribution in [0.5, 0.6) is 5.75 Å².